The first kappa shape index (κ1) is 17.3. The van der Waals surface area contributed by atoms with Crippen LogP contribution in [0.25, 0.3) is 10.8 Å². The molecule has 0 atom stereocenters. The molecule has 0 saturated carbocycles. The zero-order valence-corrected chi connectivity index (χ0v) is 12.9. The van der Waals surface area contributed by atoms with Crippen LogP contribution in [0, 0.1) is 10.1 Å². The number of benzene rings is 3. The second-order valence-corrected chi connectivity index (χ2v) is 5.31. The molecule has 0 aromatic heterocycles. The molecule has 0 bridgehead atoms. The van der Waals surface area contributed by atoms with Crippen LogP contribution < -0.4 is 0 Å². The summed E-state index contributed by atoms with van der Waals surface area (Å²) in [5.74, 6) is -0.206. The third-order valence-corrected chi connectivity index (χ3v) is 3.64. The SMILES string of the molecule is O=[N+]([O-])c1cc(C(F)(F)F)ccc1/N=N/c1c(O)ccc2ccccc12. The van der Waals surface area contributed by atoms with Gasteiger partial charge >= 0.3 is 6.18 Å². The minimum atomic E-state index is -4.71. The number of nitrogens with zero attached hydrogens (tertiary/aromatic N) is 3. The van der Waals surface area contributed by atoms with Gasteiger partial charge in [-0.15, -0.1) is 10.2 Å². The number of azo groups is 1. The Bertz CT molecular complexity index is 1030. The molecular weight excluding hydrogens is 351 g/mol. The molecule has 3 aromatic rings. The van der Waals surface area contributed by atoms with E-state index in [2.05, 4.69) is 10.2 Å². The van der Waals surface area contributed by atoms with Crippen molar-refractivity contribution in [1.29, 1.82) is 0 Å². The summed E-state index contributed by atoms with van der Waals surface area (Å²) in [5.41, 5.74) is -2.27. The molecule has 6 nitrogen and oxygen atoms in total. The minimum Gasteiger partial charge on any atom is -0.506 e. The third kappa shape index (κ3) is 3.32. The van der Waals surface area contributed by atoms with Gasteiger partial charge in [0, 0.05) is 11.5 Å². The molecule has 0 fully saturated rings. The lowest BCUT2D eigenvalue weighted by molar-refractivity contribution is -0.384. The van der Waals surface area contributed by atoms with Crippen LogP contribution in [0.1, 0.15) is 5.56 Å². The highest BCUT2D eigenvalue weighted by Gasteiger charge is 2.33. The Labute approximate surface area is 144 Å². The summed E-state index contributed by atoms with van der Waals surface area (Å²) < 4.78 is 38.2. The number of nitro benzene ring substituents is 1. The van der Waals surface area contributed by atoms with E-state index in [1.54, 1.807) is 30.3 Å². The standard InChI is InChI=1S/C17H10F3N3O3/c18-17(19,20)11-6-7-13(14(9-11)23(25)26)21-22-16-12-4-2-1-3-10(12)5-8-15(16)24/h1-9,24H/b22-21+. The summed E-state index contributed by atoms with van der Waals surface area (Å²) in [7, 11) is 0. The molecule has 0 radical (unpaired) electrons. The quantitative estimate of drug-likeness (QED) is 0.358. The van der Waals surface area contributed by atoms with E-state index >= 15 is 0 Å². The van der Waals surface area contributed by atoms with E-state index in [4.69, 9.17) is 0 Å². The van der Waals surface area contributed by atoms with Crippen molar-refractivity contribution in [2.45, 2.75) is 6.18 Å². The molecule has 0 unspecified atom stereocenters. The average Bonchev–Trinajstić information content (AvgIpc) is 2.60. The van der Waals surface area contributed by atoms with Crippen molar-refractivity contribution in [2.24, 2.45) is 10.2 Å². The molecule has 0 spiro atoms. The smallest absolute Gasteiger partial charge is 0.416 e. The third-order valence-electron chi connectivity index (χ3n) is 3.64. The fourth-order valence-corrected chi connectivity index (χ4v) is 2.38. The van der Waals surface area contributed by atoms with Gasteiger partial charge in [-0.25, -0.2) is 0 Å². The summed E-state index contributed by atoms with van der Waals surface area (Å²) in [6, 6.07) is 11.9. The number of nitro groups is 1. The van der Waals surface area contributed by atoms with Crippen molar-refractivity contribution >= 4 is 27.8 Å². The first-order valence-corrected chi connectivity index (χ1v) is 7.25. The van der Waals surface area contributed by atoms with Crippen LogP contribution in [0.3, 0.4) is 0 Å². The van der Waals surface area contributed by atoms with Gasteiger partial charge in [-0.1, -0.05) is 30.3 Å². The Hall–Kier alpha value is -3.49. The number of phenolic OH excluding ortho intramolecular Hbond substituents is 1. The Kier molecular flexibility index (Phi) is 4.29. The number of hydrogen-bond donors (Lipinski definition) is 1. The van der Waals surface area contributed by atoms with Crippen LogP contribution in [0.2, 0.25) is 0 Å². The molecule has 0 aliphatic rings. The lowest BCUT2D eigenvalue weighted by Gasteiger charge is -2.07. The Morgan fingerprint density at radius 2 is 1.73 bits per heavy atom. The van der Waals surface area contributed by atoms with Crippen molar-refractivity contribution in [3.63, 3.8) is 0 Å². The summed E-state index contributed by atoms with van der Waals surface area (Å²) in [6.07, 6.45) is -4.71. The largest absolute Gasteiger partial charge is 0.506 e. The molecule has 9 heteroatoms. The Balaban J connectivity index is 2.10. The van der Waals surface area contributed by atoms with Gasteiger partial charge in [0.2, 0.25) is 0 Å². The highest BCUT2D eigenvalue weighted by atomic mass is 19.4. The van der Waals surface area contributed by atoms with Gasteiger partial charge in [-0.2, -0.15) is 13.2 Å². The molecule has 3 rings (SSSR count). The van der Waals surface area contributed by atoms with E-state index in [0.29, 0.717) is 17.5 Å². The molecular formula is C17H10F3N3O3. The fourth-order valence-electron chi connectivity index (χ4n) is 2.38. The molecule has 0 amide bonds. The van der Waals surface area contributed by atoms with Crippen LogP contribution >= 0.6 is 0 Å². The second kappa shape index (κ2) is 6.43. The van der Waals surface area contributed by atoms with Crippen LogP contribution in [0.15, 0.2) is 64.8 Å². The number of hydrogen-bond acceptors (Lipinski definition) is 5. The fraction of sp³-hybridized carbons (Fsp3) is 0.0588. The van der Waals surface area contributed by atoms with E-state index in [1.807, 2.05) is 0 Å². The first-order valence-electron chi connectivity index (χ1n) is 7.25. The van der Waals surface area contributed by atoms with Crippen molar-refractivity contribution in [1.82, 2.24) is 0 Å². The molecule has 0 aliphatic carbocycles. The maximum Gasteiger partial charge on any atom is 0.416 e. The Morgan fingerprint density at radius 1 is 1.00 bits per heavy atom. The summed E-state index contributed by atoms with van der Waals surface area (Å²) in [4.78, 5) is 10.1. The highest BCUT2D eigenvalue weighted by Crippen LogP contribution is 2.39. The summed E-state index contributed by atoms with van der Waals surface area (Å²) in [6.45, 7) is 0. The molecule has 0 aliphatic heterocycles. The van der Waals surface area contributed by atoms with Crippen molar-refractivity contribution in [3.8, 4) is 5.75 Å². The zero-order valence-electron chi connectivity index (χ0n) is 12.9. The molecule has 1 N–H and O–H groups in total. The normalized spacial score (nSPS) is 12.0. The van der Waals surface area contributed by atoms with E-state index in [9.17, 15) is 28.4 Å². The van der Waals surface area contributed by atoms with Crippen molar-refractivity contribution < 1.29 is 23.2 Å². The van der Waals surface area contributed by atoms with Gasteiger partial charge in [0.25, 0.3) is 5.69 Å². The topological polar surface area (TPSA) is 88.1 Å². The van der Waals surface area contributed by atoms with Crippen LogP contribution in [0.5, 0.6) is 5.75 Å². The van der Waals surface area contributed by atoms with Crippen LogP contribution in [-0.2, 0) is 6.18 Å². The number of alkyl halides is 3. The van der Waals surface area contributed by atoms with E-state index < -0.39 is 22.4 Å². The molecule has 0 heterocycles. The Morgan fingerprint density at radius 3 is 2.42 bits per heavy atom. The van der Waals surface area contributed by atoms with Crippen molar-refractivity contribution in [2.75, 3.05) is 0 Å². The number of fused-ring (bicyclic) bond motifs is 1. The molecule has 0 saturated heterocycles. The lowest BCUT2D eigenvalue weighted by atomic mass is 10.1. The predicted molar refractivity (Wildman–Crippen MR) is 87.9 cm³/mol. The van der Waals surface area contributed by atoms with Crippen LogP contribution in [-0.4, -0.2) is 10.0 Å². The van der Waals surface area contributed by atoms with Gasteiger partial charge in [-0.05, 0) is 23.6 Å². The van der Waals surface area contributed by atoms with Gasteiger partial charge in [0.1, 0.15) is 11.4 Å². The monoisotopic (exact) mass is 361 g/mol. The molecule has 132 valence electrons. The lowest BCUT2D eigenvalue weighted by Crippen LogP contribution is -2.05. The summed E-state index contributed by atoms with van der Waals surface area (Å²) >= 11 is 0. The second-order valence-electron chi connectivity index (χ2n) is 5.31. The highest BCUT2D eigenvalue weighted by molar-refractivity contribution is 5.95. The maximum atomic E-state index is 12.7. The van der Waals surface area contributed by atoms with E-state index in [0.717, 1.165) is 11.5 Å². The average molecular weight is 361 g/mol. The number of rotatable bonds is 3. The van der Waals surface area contributed by atoms with Gasteiger partial charge < -0.3 is 5.11 Å². The minimum absolute atomic E-state index is 0.0669. The van der Waals surface area contributed by atoms with Crippen LogP contribution in [0.4, 0.5) is 30.2 Å². The zero-order chi connectivity index (χ0) is 18.9. The molecule has 3 aromatic carbocycles. The predicted octanol–water partition coefficient (Wildman–Crippen LogP) is 5.89. The van der Waals surface area contributed by atoms with Gasteiger partial charge in [0.15, 0.2) is 5.69 Å². The number of halogens is 3. The van der Waals surface area contributed by atoms with Gasteiger partial charge in [0.05, 0.1) is 10.5 Å². The summed E-state index contributed by atoms with van der Waals surface area (Å²) in [5, 5.41) is 29.9. The van der Waals surface area contributed by atoms with E-state index in [-0.39, 0.29) is 17.1 Å². The maximum absolute atomic E-state index is 12.7. The number of aromatic hydroxyl groups is 1. The van der Waals surface area contributed by atoms with Crippen molar-refractivity contribution in [3.05, 3.63) is 70.3 Å². The van der Waals surface area contributed by atoms with Gasteiger partial charge in [-0.3, -0.25) is 10.1 Å². The molecule has 26 heavy (non-hydrogen) atoms. The number of phenols is 1. The van der Waals surface area contributed by atoms with E-state index in [1.165, 1.54) is 6.07 Å². The first-order chi connectivity index (χ1) is 12.3.